The zero-order chi connectivity index (χ0) is 14.0. The number of nitrogens with zero attached hydrogens (tertiary/aromatic N) is 2. The highest BCUT2D eigenvalue weighted by molar-refractivity contribution is 5.83. The van der Waals surface area contributed by atoms with Crippen LogP contribution in [-0.2, 0) is 4.79 Å². The van der Waals surface area contributed by atoms with Gasteiger partial charge < -0.3 is 10.4 Å². The molecule has 0 aliphatic heterocycles. The largest absolute Gasteiger partial charge is 0.480 e. The summed E-state index contributed by atoms with van der Waals surface area (Å²) in [6.07, 6.45) is 0. The van der Waals surface area contributed by atoms with E-state index in [4.69, 9.17) is 5.11 Å². The molecule has 0 saturated carbocycles. The Morgan fingerprint density at radius 1 is 1.42 bits per heavy atom. The molecule has 1 atom stereocenters. The summed E-state index contributed by atoms with van der Waals surface area (Å²) in [7, 11) is 0. The van der Waals surface area contributed by atoms with E-state index in [-0.39, 0.29) is 5.69 Å². The summed E-state index contributed by atoms with van der Waals surface area (Å²) in [5, 5.41) is 22.8. The Morgan fingerprint density at radius 2 is 2.16 bits per heavy atom. The number of fused-ring (bicyclic) bond motifs is 1. The van der Waals surface area contributed by atoms with Crippen LogP contribution in [0.15, 0.2) is 30.3 Å². The number of aromatic nitrogens is 1. The first-order chi connectivity index (χ1) is 8.97. The highest BCUT2D eigenvalue weighted by Crippen LogP contribution is 2.21. The predicted octanol–water partition coefficient (Wildman–Crippen LogP) is 2.03. The van der Waals surface area contributed by atoms with Crippen LogP contribution in [0.1, 0.15) is 6.92 Å². The third-order valence-corrected chi connectivity index (χ3v) is 2.62. The quantitative estimate of drug-likeness (QED) is 0.644. The number of benzene rings is 1. The van der Waals surface area contributed by atoms with E-state index >= 15 is 0 Å². The Balaban J connectivity index is 2.34. The molecule has 0 spiro atoms. The number of pyridine rings is 1. The van der Waals surface area contributed by atoms with E-state index in [2.05, 4.69) is 10.3 Å². The van der Waals surface area contributed by atoms with Crippen LogP contribution >= 0.6 is 0 Å². The lowest BCUT2D eigenvalue weighted by Gasteiger charge is -2.10. The van der Waals surface area contributed by atoms with E-state index in [1.165, 1.54) is 25.1 Å². The molecule has 0 unspecified atom stereocenters. The van der Waals surface area contributed by atoms with E-state index in [9.17, 15) is 14.9 Å². The van der Waals surface area contributed by atoms with Crippen LogP contribution in [0.3, 0.4) is 0 Å². The first-order valence-corrected chi connectivity index (χ1v) is 5.52. The number of hydrogen-bond donors (Lipinski definition) is 2. The zero-order valence-electron chi connectivity index (χ0n) is 10.0. The van der Waals surface area contributed by atoms with E-state index < -0.39 is 16.9 Å². The van der Waals surface area contributed by atoms with Gasteiger partial charge in [-0.1, -0.05) is 0 Å². The molecule has 0 bridgehead atoms. The number of non-ortho nitro benzene ring substituents is 1. The molecule has 7 heteroatoms. The highest BCUT2D eigenvalue weighted by atomic mass is 16.6. The molecule has 1 aromatic carbocycles. The van der Waals surface area contributed by atoms with Gasteiger partial charge in [0.2, 0.25) is 0 Å². The minimum Gasteiger partial charge on any atom is -0.480 e. The van der Waals surface area contributed by atoms with Crippen LogP contribution < -0.4 is 5.32 Å². The van der Waals surface area contributed by atoms with Crippen LogP contribution in [0.4, 0.5) is 11.5 Å². The number of nitro groups is 1. The van der Waals surface area contributed by atoms with Crippen molar-refractivity contribution < 1.29 is 14.8 Å². The maximum Gasteiger partial charge on any atom is 0.325 e. The number of anilines is 1. The van der Waals surface area contributed by atoms with Gasteiger partial charge in [0.15, 0.2) is 0 Å². The van der Waals surface area contributed by atoms with Crippen LogP contribution in [0.5, 0.6) is 0 Å². The van der Waals surface area contributed by atoms with Crippen LogP contribution in [0, 0.1) is 10.1 Å². The number of nitro benzene ring substituents is 1. The van der Waals surface area contributed by atoms with Crippen molar-refractivity contribution in [1.29, 1.82) is 0 Å². The normalized spacial score (nSPS) is 12.1. The molecular weight excluding hydrogens is 250 g/mol. The van der Waals surface area contributed by atoms with Gasteiger partial charge in [0.1, 0.15) is 11.9 Å². The third-order valence-electron chi connectivity index (χ3n) is 2.62. The van der Waals surface area contributed by atoms with Gasteiger partial charge >= 0.3 is 5.97 Å². The number of carboxylic acids is 1. The summed E-state index contributed by atoms with van der Waals surface area (Å²) >= 11 is 0. The number of carboxylic acid groups (broad SMARTS) is 1. The Labute approximate surface area is 108 Å². The lowest BCUT2D eigenvalue weighted by atomic mass is 10.2. The molecule has 0 amide bonds. The van der Waals surface area contributed by atoms with Gasteiger partial charge in [-0.15, -0.1) is 0 Å². The Kier molecular flexibility index (Phi) is 3.28. The second-order valence-corrected chi connectivity index (χ2v) is 4.03. The average molecular weight is 261 g/mol. The second kappa shape index (κ2) is 4.89. The molecule has 2 aromatic rings. The van der Waals surface area contributed by atoms with Gasteiger partial charge in [-0.2, -0.15) is 0 Å². The highest BCUT2D eigenvalue weighted by Gasteiger charge is 2.12. The van der Waals surface area contributed by atoms with Gasteiger partial charge in [0.25, 0.3) is 5.69 Å². The summed E-state index contributed by atoms with van der Waals surface area (Å²) < 4.78 is 0. The van der Waals surface area contributed by atoms with E-state index in [0.29, 0.717) is 16.7 Å². The SMILES string of the molecule is C[C@@H](Nc1ccc2cc([N+](=O)[O-])ccc2n1)C(=O)O. The minimum absolute atomic E-state index is 0.00564. The molecule has 98 valence electrons. The van der Waals surface area contributed by atoms with Crippen molar-refractivity contribution in [2.75, 3.05) is 5.32 Å². The summed E-state index contributed by atoms with van der Waals surface area (Å²) in [4.78, 5) is 25.1. The Hall–Kier alpha value is -2.70. The van der Waals surface area contributed by atoms with Crippen LogP contribution in [0.2, 0.25) is 0 Å². The van der Waals surface area contributed by atoms with Crippen molar-refractivity contribution in [2.45, 2.75) is 13.0 Å². The van der Waals surface area contributed by atoms with Gasteiger partial charge in [0, 0.05) is 17.5 Å². The average Bonchev–Trinajstić information content (AvgIpc) is 2.37. The fourth-order valence-corrected chi connectivity index (χ4v) is 1.59. The maximum atomic E-state index is 10.7. The molecule has 19 heavy (non-hydrogen) atoms. The number of nitrogens with one attached hydrogen (secondary N) is 1. The molecule has 0 saturated heterocycles. The third kappa shape index (κ3) is 2.76. The topological polar surface area (TPSA) is 105 Å². The fraction of sp³-hybridized carbons (Fsp3) is 0.167. The first kappa shape index (κ1) is 12.7. The van der Waals surface area contributed by atoms with E-state index in [0.717, 1.165) is 0 Å². The van der Waals surface area contributed by atoms with E-state index in [1.807, 2.05) is 0 Å². The summed E-state index contributed by atoms with van der Waals surface area (Å²) in [6.45, 7) is 1.50. The lowest BCUT2D eigenvalue weighted by Crippen LogP contribution is -2.25. The summed E-state index contributed by atoms with van der Waals surface area (Å²) in [5.74, 6) is -0.568. The number of carbonyl (C=O) groups is 1. The number of hydrogen-bond acceptors (Lipinski definition) is 5. The molecular formula is C12H11N3O4. The smallest absolute Gasteiger partial charge is 0.325 e. The van der Waals surface area contributed by atoms with Crippen molar-refractivity contribution in [2.24, 2.45) is 0 Å². The number of aliphatic carboxylic acids is 1. The van der Waals surface area contributed by atoms with Crippen molar-refractivity contribution in [3.8, 4) is 0 Å². The van der Waals surface area contributed by atoms with Gasteiger partial charge in [-0.3, -0.25) is 14.9 Å². The number of rotatable bonds is 4. The lowest BCUT2D eigenvalue weighted by molar-refractivity contribution is -0.384. The second-order valence-electron chi connectivity index (χ2n) is 4.03. The molecule has 1 heterocycles. The Bertz CT molecular complexity index is 656. The van der Waals surface area contributed by atoms with Crippen molar-refractivity contribution in [3.63, 3.8) is 0 Å². The van der Waals surface area contributed by atoms with Gasteiger partial charge in [-0.25, -0.2) is 4.98 Å². The monoisotopic (exact) mass is 261 g/mol. The van der Waals surface area contributed by atoms with Crippen molar-refractivity contribution in [1.82, 2.24) is 4.98 Å². The van der Waals surface area contributed by atoms with Crippen molar-refractivity contribution >= 4 is 28.4 Å². The molecule has 7 nitrogen and oxygen atoms in total. The molecule has 2 rings (SSSR count). The molecule has 0 aliphatic rings. The van der Waals surface area contributed by atoms with Gasteiger partial charge in [-0.05, 0) is 25.1 Å². The fourth-order valence-electron chi connectivity index (χ4n) is 1.59. The molecule has 0 fully saturated rings. The predicted molar refractivity (Wildman–Crippen MR) is 69.1 cm³/mol. The summed E-state index contributed by atoms with van der Waals surface area (Å²) in [5.41, 5.74) is 0.558. The summed E-state index contributed by atoms with van der Waals surface area (Å²) in [6, 6.07) is 6.80. The minimum atomic E-state index is -0.981. The zero-order valence-corrected chi connectivity index (χ0v) is 10.0. The van der Waals surface area contributed by atoms with E-state index in [1.54, 1.807) is 12.1 Å². The van der Waals surface area contributed by atoms with Crippen LogP contribution in [0.25, 0.3) is 10.9 Å². The van der Waals surface area contributed by atoms with Crippen molar-refractivity contribution in [3.05, 3.63) is 40.4 Å². The maximum absolute atomic E-state index is 10.7. The molecule has 2 N–H and O–H groups in total. The Morgan fingerprint density at radius 3 is 2.79 bits per heavy atom. The van der Waals surface area contributed by atoms with Gasteiger partial charge in [0.05, 0.1) is 10.4 Å². The molecule has 1 aromatic heterocycles. The van der Waals surface area contributed by atoms with Crippen LogP contribution in [-0.4, -0.2) is 27.0 Å². The molecule has 0 radical (unpaired) electrons. The first-order valence-electron chi connectivity index (χ1n) is 5.52. The standard InChI is InChI=1S/C12H11N3O4/c1-7(12(16)17)13-11-5-2-8-6-9(15(18)19)3-4-10(8)14-11/h2-7H,1H3,(H,13,14)(H,16,17)/t7-/m1/s1. The molecule has 0 aliphatic carbocycles.